The fraction of sp³-hybridized carbons (Fsp3) is 0.429. The summed E-state index contributed by atoms with van der Waals surface area (Å²) in [6.07, 6.45) is 0. The molecule has 2 rings (SSSR count). The summed E-state index contributed by atoms with van der Waals surface area (Å²) < 4.78 is 0. The van der Waals surface area contributed by atoms with Crippen molar-refractivity contribution in [3.05, 3.63) is 29.3 Å². The number of hydrogen-bond acceptors (Lipinski definition) is 3. The van der Waals surface area contributed by atoms with Crippen LogP contribution >= 0.6 is 0 Å². The van der Waals surface area contributed by atoms with Crippen LogP contribution in [0.3, 0.4) is 0 Å². The summed E-state index contributed by atoms with van der Waals surface area (Å²) in [6.45, 7) is 4.50. The molecule has 1 aliphatic rings. The van der Waals surface area contributed by atoms with Gasteiger partial charge in [-0.15, -0.1) is 0 Å². The first-order valence-electron chi connectivity index (χ1n) is 6.21. The number of carboxylic acid groups (broad SMARTS) is 1. The van der Waals surface area contributed by atoms with E-state index in [9.17, 15) is 14.7 Å². The quantitative estimate of drug-likeness (QED) is 0.865. The lowest BCUT2D eigenvalue weighted by atomic mass is 10.1. The third-order valence-corrected chi connectivity index (χ3v) is 3.57. The molecule has 1 aromatic carbocycles. The van der Waals surface area contributed by atoms with Crippen LogP contribution in [0.4, 0.5) is 5.69 Å². The Labute approximate surface area is 112 Å². The fourth-order valence-electron chi connectivity index (χ4n) is 2.33. The molecule has 1 heterocycles. The number of benzene rings is 1. The van der Waals surface area contributed by atoms with Gasteiger partial charge in [-0.25, -0.2) is 4.79 Å². The number of likely N-dealkylation sites (N-methyl/N-ethyl adjacent to an activating group) is 1. The number of piperazine rings is 1. The fourth-order valence-corrected chi connectivity index (χ4v) is 2.33. The van der Waals surface area contributed by atoms with E-state index < -0.39 is 12.0 Å². The number of carbonyl (C=O) groups excluding carboxylic acids is 1. The van der Waals surface area contributed by atoms with Crippen LogP contribution in [0.5, 0.6) is 0 Å². The van der Waals surface area contributed by atoms with E-state index in [1.807, 2.05) is 36.9 Å². The number of nitrogens with zero attached hydrogens (tertiary/aromatic N) is 2. The van der Waals surface area contributed by atoms with Gasteiger partial charge in [-0.1, -0.05) is 12.1 Å². The van der Waals surface area contributed by atoms with E-state index in [1.165, 1.54) is 4.90 Å². The molecule has 102 valence electrons. The molecule has 0 spiro atoms. The molecule has 5 nitrogen and oxygen atoms in total. The van der Waals surface area contributed by atoms with Crippen LogP contribution in [0.2, 0.25) is 0 Å². The number of carboxylic acids is 1. The molecule has 19 heavy (non-hydrogen) atoms. The number of amides is 1. The summed E-state index contributed by atoms with van der Waals surface area (Å²) >= 11 is 0. The van der Waals surface area contributed by atoms with Crippen molar-refractivity contribution in [3.8, 4) is 0 Å². The minimum atomic E-state index is -0.967. The molecule has 1 N–H and O–H groups in total. The molecule has 0 saturated carbocycles. The summed E-state index contributed by atoms with van der Waals surface area (Å²) in [6, 6.07) is 5.20. The molecule has 0 radical (unpaired) electrons. The number of hydrogen-bond donors (Lipinski definition) is 1. The molecule has 1 aromatic rings. The number of anilines is 1. The van der Waals surface area contributed by atoms with Gasteiger partial charge >= 0.3 is 5.97 Å². The van der Waals surface area contributed by atoms with Gasteiger partial charge in [0.15, 0.2) is 0 Å². The highest BCUT2D eigenvalue weighted by Crippen LogP contribution is 2.24. The maximum absolute atomic E-state index is 11.9. The Kier molecular flexibility index (Phi) is 3.46. The smallest absolute Gasteiger partial charge is 0.328 e. The van der Waals surface area contributed by atoms with Crippen molar-refractivity contribution in [1.29, 1.82) is 0 Å². The zero-order valence-corrected chi connectivity index (χ0v) is 11.4. The van der Waals surface area contributed by atoms with E-state index in [-0.39, 0.29) is 12.5 Å². The number of carbonyl (C=O) groups is 2. The lowest BCUT2D eigenvalue weighted by Gasteiger charge is -2.38. The third kappa shape index (κ3) is 2.54. The van der Waals surface area contributed by atoms with Crippen molar-refractivity contribution in [3.63, 3.8) is 0 Å². The second kappa shape index (κ2) is 4.91. The zero-order valence-electron chi connectivity index (χ0n) is 11.4. The first-order chi connectivity index (χ1) is 8.90. The van der Waals surface area contributed by atoms with Crippen LogP contribution in [-0.2, 0) is 9.59 Å². The Bertz CT molecular complexity index is 527. The van der Waals surface area contributed by atoms with Gasteiger partial charge in [0, 0.05) is 19.3 Å². The second-order valence-corrected chi connectivity index (χ2v) is 5.03. The molecule has 1 unspecified atom stereocenters. The van der Waals surface area contributed by atoms with Crippen LogP contribution in [0.15, 0.2) is 18.2 Å². The van der Waals surface area contributed by atoms with Crippen molar-refractivity contribution in [2.45, 2.75) is 19.9 Å². The Morgan fingerprint density at radius 3 is 2.68 bits per heavy atom. The molecule has 1 saturated heterocycles. The van der Waals surface area contributed by atoms with E-state index in [1.54, 1.807) is 7.05 Å². The summed E-state index contributed by atoms with van der Waals surface area (Å²) in [4.78, 5) is 26.3. The monoisotopic (exact) mass is 262 g/mol. The van der Waals surface area contributed by atoms with Crippen LogP contribution in [0.25, 0.3) is 0 Å². The lowest BCUT2D eigenvalue weighted by Crippen LogP contribution is -2.58. The van der Waals surface area contributed by atoms with Crippen LogP contribution in [0, 0.1) is 13.8 Å². The molecular weight excluding hydrogens is 244 g/mol. The van der Waals surface area contributed by atoms with E-state index in [0.29, 0.717) is 6.54 Å². The maximum atomic E-state index is 11.9. The molecule has 5 heteroatoms. The van der Waals surface area contributed by atoms with Crippen LogP contribution in [-0.4, -0.2) is 48.1 Å². The molecule has 1 fully saturated rings. The zero-order chi connectivity index (χ0) is 14.2. The Morgan fingerprint density at radius 1 is 1.37 bits per heavy atom. The SMILES string of the molecule is Cc1ccc(C)c(N2CC(=O)N(C)C(C(=O)O)C2)c1. The normalized spacial score (nSPS) is 19.7. The average Bonchev–Trinajstić information content (AvgIpc) is 2.35. The molecule has 0 aliphatic carbocycles. The molecule has 1 atom stereocenters. The molecule has 0 bridgehead atoms. The van der Waals surface area contributed by atoms with Crippen molar-refractivity contribution in [2.75, 3.05) is 25.0 Å². The molecule has 1 amide bonds. The number of aryl methyl sites for hydroxylation is 2. The third-order valence-electron chi connectivity index (χ3n) is 3.57. The van der Waals surface area contributed by atoms with Gasteiger partial charge in [-0.3, -0.25) is 4.79 Å². The predicted octanol–water partition coefficient (Wildman–Crippen LogP) is 1.04. The molecule has 0 aromatic heterocycles. The topological polar surface area (TPSA) is 60.9 Å². The minimum absolute atomic E-state index is 0.167. The molecule has 1 aliphatic heterocycles. The van der Waals surface area contributed by atoms with E-state index in [0.717, 1.165) is 16.8 Å². The summed E-state index contributed by atoms with van der Waals surface area (Å²) in [5, 5.41) is 9.19. The highest BCUT2D eigenvalue weighted by atomic mass is 16.4. The highest BCUT2D eigenvalue weighted by molar-refractivity contribution is 5.89. The average molecular weight is 262 g/mol. The van der Waals surface area contributed by atoms with Gasteiger partial charge in [0.05, 0.1) is 6.54 Å². The van der Waals surface area contributed by atoms with Crippen molar-refractivity contribution in [2.24, 2.45) is 0 Å². The Balaban J connectivity index is 2.33. The largest absolute Gasteiger partial charge is 0.480 e. The first kappa shape index (κ1) is 13.4. The summed E-state index contributed by atoms with van der Waals surface area (Å²) in [5.41, 5.74) is 3.08. The Morgan fingerprint density at radius 2 is 2.05 bits per heavy atom. The standard InChI is InChI=1S/C14H18N2O3/c1-9-4-5-10(2)11(6-9)16-7-12(14(18)19)15(3)13(17)8-16/h4-6,12H,7-8H2,1-3H3,(H,18,19). The first-order valence-corrected chi connectivity index (χ1v) is 6.21. The maximum Gasteiger partial charge on any atom is 0.328 e. The van der Waals surface area contributed by atoms with Gasteiger partial charge in [0.1, 0.15) is 6.04 Å². The summed E-state index contributed by atoms with van der Waals surface area (Å²) in [5.74, 6) is -1.13. The van der Waals surface area contributed by atoms with Gasteiger partial charge in [-0.2, -0.15) is 0 Å². The minimum Gasteiger partial charge on any atom is -0.480 e. The van der Waals surface area contributed by atoms with Crippen LogP contribution < -0.4 is 4.90 Å². The van der Waals surface area contributed by atoms with E-state index in [2.05, 4.69) is 0 Å². The number of rotatable bonds is 2. The van der Waals surface area contributed by atoms with Gasteiger partial charge in [0.2, 0.25) is 5.91 Å². The van der Waals surface area contributed by atoms with Gasteiger partial charge in [-0.05, 0) is 31.0 Å². The second-order valence-electron chi connectivity index (χ2n) is 5.03. The van der Waals surface area contributed by atoms with Gasteiger partial charge in [0.25, 0.3) is 0 Å². The van der Waals surface area contributed by atoms with Crippen molar-refractivity contribution < 1.29 is 14.7 Å². The van der Waals surface area contributed by atoms with E-state index >= 15 is 0 Å². The predicted molar refractivity (Wildman–Crippen MR) is 72.3 cm³/mol. The van der Waals surface area contributed by atoms with Crippen molar-refractivity contribution >= 4 is 17.6 Å². The van der Waals surface area contributed by atoms with Gasteiger partial charge < -0.3 is 14.9 Å². The number of aliphatic carboxylic acids is 1. The lowest BCUT2D eigenvalue weighted by molar-refractivity contribution is -0.149. The summed E-state index contributed by atoms with van der Waals surface area (Å²) in [7, 11) is 1.54. The van der Waals surface area contributed by atoms with Crippen molar-refractivity contribution in [1.82, 2.24) is 4.90 Å². The van der Waals surface area contributed by atoms with E-state index in [4.69, 9.17) is 0 Å². The Hall–Kier alpha value is -2.04. The molecular formula is C14H18N2O3. The highest BCUT2D eigenvalue weighted by Gasteiger charge is 2.35. The van der Waals surface area contributed by atoms with Crippen LogP contribution in [0.1, 0.15) is 11.1 Å².